The van der Waals surface area contributed by atoms with Crippen LogP contribution in [0.1, 0.15) is 0 Å². The van der Waals surface area contributed by atoms with Crippen molar-refractivity contribution in [1.29, 1.82) is 0 Å². The number of benzene rings is 3. The Balaban J connectivity index is 2.31. The minimum absolute atomic E-state index is 0.0582. The van der Waals surface area contributed by atoms with Crippen LogP contribution in [0.3, 0.4) is 0 Å². The van der Waals surface area contributed by atoms with Crippen molar-refractivity contribution in [3.8, 4) is 11.5 Å². The zero-order valence-corrected chi connectivity index (χ0v) is 12.7. The monoisotopic (exact) mass is 329 g/mol. The summed E-state index contributed by atoms with van der Waals surface area (Å²) in [6, 6.07) is 17.7. The van der Waals surface area contributed by atoms with E-state index in [0.29, 0.717) is 5.69 Å². The van der Waals surface area contributed by atoms with E-state index in [-0.39, 0.29) is 27.9 Å². The average Bonchev–Trinajstić information content (AvgIpc) is 2.57. The van der Waals surface area contributed by atoms with Crippen molar-refractivity contribution in [2.24, 2.45) is 0 Å². The third-order valence-corrected chi connectivity index (χ3v) is 3.78. The van der Waals surface area contributed by atoms with Gasteiger partial charge in [0, 0.05) is 5.69 Å². The number of halogens is 2. The quantitative estimate of drug-likeness (QED) is 0.636. The molecular weight excluding hydrogens is 317 g/mol. The van der Waals surface area contributed by atoms with Gasteiger partial charge in [0.15, 0.2) is 0 Å². The summed E-state index contributed by atoms with van der Waals surface area (Å²) >= 11 is 6.17. The molecule has 0 spiro atoms. The number of hydrogen-bond acceptors (Lipinski definition) is 3. The molecule has 3 rings (SSSR count). The fraction of sp³-hybridized carbons (Fsp3) is 0. The lowest BCUT2D eigenvalue weighted by Gasteiger charge is -2.27. The molecule has 3 nitrogen and oxygen atoms in total. The van der Waals surface area contributed by atoms with Crippen molar-refractivity contribution in [2.75, 3.05) is 4.90 Å². The van der Waals surface area contributed by atoms with Crippen LogP contribution in [0.2, 0.25) is 5.02 Å². The first-order valence-electron chi connectivity index (χ1n) is 6.89. The van der Waals surface area contributed by atoms with E-state index in [1.54, 1.807) is 42.5 Å². The highest BCUT2D eigenvalue weighted by atomic mass is 35.5. The maximum Gasteiger partial charge on any atom is 0.147 e. The number of hydrogen-bond donors (Lipinski definition) is 2. The molecule has 0 radical (unpaired) electrons. The van der Waals surface area contributed by atoms with Crippen LogP contribution in [-0.2, 0) is 0 Å². The molecule has 116 valence electrons. The molecule has 0 saturated heterocycles. The molecule has 0 aliphatic heterocycles. The second-order valence-electron chi connectivity index (χ2n) is 4.89. The first-order valence-corrected chi connectivity index (χ1v) is 7.27. The summed E-state index contributed by atoms with van der Waals surface area (Å²) in [5.74, 6) is -0.841. The lowest BCUT2D eigenvalue weighted by Crippen LogP contribution is -2.12. The summed E-state index contributed by atoms with van der Waals surface area (Å²) in [6.07, 6.45) is 0. The van der Waals surface area contributed by atoms with Gasteiger partial charge in [-0.25, -0.2) is 4.39 Å². The maximum absolute atomic E-state index is 14.3. The van der Waals surface area contributed by atoms with Crippen LogP contribution in [0.5, 0.6) is 11.5 Å². The van der Waals surface area contributed by atoms with E-state index in [2.05, 4.69) is 0 Å². The first kappa shape index (κ1) is 15.2. The Hall–Kier alpha value is -2.72. The van der Waals surface area contributed by atoms with Gasteiger partial charge in [0.25, 0.3) is 0 Å². The number of aromatic hydroxyl groups is 2. The van der Waals surface area contributed by atoms with E-state index in [0.717, 1.165) is 0 Å². The molecule has 0 amide bonds. The zero-order valence-electron chi connectivity index (χ0n) is 11.9. The Morgan fingerprint density at radius 2 is 1.39 bits per heavy atom. The normalized spacial score (nSPS) is 10.5. The smallest absolute Gasteiger partial charge is 0.147 e. The topological polar surface area (TPSA) is 43.7 Å². The van der Waals surface area contributed by atoms with Gasteiger partial charge in [-0.2, -0.15) is 0 Å². The number of phenolic OH excluding ortho intramolecular Hbond substituents is 2. The molecule has 0 aromatic heterocycles. The highest BCUT2D eigenvalue weighted by Gasteiger charge is 2.23. The van der Waals surface area contributed by atoms with Gasteiger partial charge in [-0.1, -0.05) is 41.9 Å². The highest BCUT2D eigenvalue weighted by molar-refractivity contribution is 6.35. The molecule has 0 bridgehead atoms. The minimum atomic E-state index is -0.477. The summed E-state index contributed by atoms with van der Waals surface area (Å²) in [5, 5.41) is 20.1. The van der Waals surface area contributed by atoms with Crippen LogP contribution in [-0.4, -0.2) is 10.2 Å². The molecule has 0 saturated carbocycles. The third kappa shape index (κ3) is 2.81. The molecule has 0 aliphatic rings. The third-order valence-electron chi connectivity index (χ3n) is 3.41. The second-order valence-corrected chi connectivity index (χ2v) is 5.27. The number of anilines is 3. The van der Waals surface area contributed by atoms with E-state index in [4.69, 9.17) is 11.6 Å². The van der Waals surface area contributed by atoms with Crippen LogP contribution in [0.15, 0.2) is 66.7 Å². The predicted octanol–water partition coefficient (Wildman–Crippen LogP) is 5.36. The first-order chi connectivity index (χ1) is 11.1. The molecule has 3 aromatic rings. The number of nitrogens with zero attached hydrogens (tertiary/aromatic N) is 1. The molecule has 3 aromatic carbocycles. The molecule has 2 N–H and O–H groups in total. The van der Waals surface area contributed by atoms with E-state index in [1.807, 2.05) is 6.07 Å². The van der Waals surface area contributed by atoms with Gasteiger partial charge in [-0.3, -0.25) is 0 Å². The van der Waals surface area contributed by atoms with Crippen LogP contribution < -0.4 is 4.90 Å². The van der Waals surface area contributed by atoms with Crippen molar-refractivity contribution in [1.82, 2.24) is 0 Å². The molecule has 0 unspecified atom stereocenters. The van der Waals surface area contributed by atoms with Gasteiger partial charge in [-0.05, 0) is 36.4 Å². The second kappa shape index (κ2) is 6.18. The summed E-state index contributed by atoms with van der Waals surface area (Å²) in [6.45, 7) is 0. The molecule has 0 heterocycles. The van der Waals surface area contributed by atoms with E-state index >= 15 is 0 Å². The highest BCUT2D eigenvalue weighted by Crippen LogP contribution is 2.47. The van der Waals surface area contributed by atoms with Gasteiger partial charge >= 0.3 is 0 Å². The van der Waals surface area contributed by atoms with Crippen molar-refractivity contribution >= 4 is 28.7 Å². The largest absolute Gasteiger partial charge is 0.506 e. The molecule has 0 atom stereocenters. The molecular formula is C18H13ClFNO2. The predicted molar refractivity (Wildman–Crippen MR) is 89.4 cm³/mol. The average molecular weight is 330 g/mol. The minimum Gasteiger partial charge on any atom is -0.506 e. The maximum atomic E-state index is 14.3. The Kier molecular flexibility index (Phi) is 4.08. The van der Waals surface area contributed by atoms with Crippen molar-refractivity contribution in [2.45, 2.75) is 0 Å². The van der Waals surface area contributed by atoms with E-state index in [9.17, 15) is 14.6 Å². The van der Waals surface area contributed by atoms with Gasteiger partial charge in [0.1, 0.15) is 28.0 Å². The molecule has 0 aliphatic carbocycles. The Morgan fingerprint density at radius 3 is 2.09 bits per heavy atom. The van der Waals surface area contributed by atoms with Gasteiger partial charge in [-0.15, -0.1) is 0 Å². The van der Waals surface area contributed by atoms with Crippen LogP contribution in [0.25, 0.3) is 0 Å². The van der Waals surface area contributed by atoms with Crippen LogP contribution in [0.4, 0.5) is 21.5 Å². The zero-order chi connectivity index (χ0) is 16.4. The summed E-state index contributed by atoms with van der Waals surface area (Å²) in [4.78, 5) is 1.46. The Bertz CT molecular complexity index is 840. The van der Waals surface area contributed by atoms with E-state index in [1.165, 1.54) is 23.1 Å². The van der Waals surface area contributed by atoms with Gasteiger partial charge in [0.2, 0.25) is 0 Å². The summed E-state index contributed by atoms with van der Waals surface area (Å²) < 4.78 is 14.3. The summed E-state index contributed by atoms with van der Waals surface area (Å²) in [7, 11) is 0. The molecule has 0 fully saturated rings. The van der Waals surface area contributed by atoms with Crippen molar-refractivity contribution < 1.29 is 14.6 Å². The number of rotatable bonds is 3. The standard InChI is InChI=1S/C18H13ClFNO2/c19-17-15(22)10-11-16(23)18(17)21(12-6-2-1-3-7-12)14-9-5-4-8-13(14)20/h1-11,22-23H. The number of para-hydroxylation sites is 2. The van der Waals surface area contributed by atoms with Crippen molar-refractivity contribution in [3.63, 3.8) is 0 Å². The molecule has 23 heavy (non-hydrogen) atoms. The lowest BCUT2D eigenvalue weighted by molar-refractivity contribution is 0.461. The van der Waals surface area contributed by atoms with Crippen LogP contribution in [0, 0.1) is 5.82 Å². The number of phenols is 2. The fourth-order valence-electron chi connectivity index (χ4n) is 2.36. The Morgan fingerprint density at radius 1 is 0.783 bits per heavy atom. The van der Waals surface area contributed by atoms with Gasteiger partial charge in [0.05, 0.1) is 5.69 Å². The lowest BCUT2D eigenvalue weighted by atomic mass is 10.1. The Labute approximate surface area is 137 Å². The molecule has 5 heteroatoms. The fourth-order valence-corrected chi connectivity index (χ4v) is 2.60. The van der Waals surface area contributed by atoms with Crippen molar-refractivity contribution in [3.05, 3.63) is 77.6 Å². The van der Waals surface area contributed by atoms with Gasteiger partial charge < -0.3 is 15.1 Å². The van der Waals surface area contributed by atoms with E-state index < -0.39 is 5.82 Å². The SMILES string of the molecule is Oc1ccc(O)c(N(c2ccccc2)c2ccccc2F)c1Cl. The van der Waals surface area contributed by atoms with Crippen LogP contribution >= 0.6 is 11.6 Å². The summed E-state index contributed by atoms with van der Waals surface area (Å²) in [5.41, 5.74) is 0.921.